The molecular weight excluding hydrogens is 438 g/mol. The van der Waals surface area contributed by atoms with Crippen molar-refractivity contribution in [2.75, 3.05) is 45.9 Å². The van der Waals surface area contributed by atoms with Gasteiger partial charge in [-0.15, -0.1) is 0 Å². The van der Waals surface area contributed by atoms with Crippen molar-refractivity contribution in [2.45, 2.75) is 25.2 Å². The Bertz CT molecular complexity index is 1070. The maximum Gasteiger partial charge on any atom is 0.407 e. The number of nitrogens with zero attached hydrogens (tertiary/aromatic N) is 3. The Hall–Kier alpha value is -3.30. The first-order valence-electron chi connectivity index (χ1n) is 11.6. The van der Waals surface area contributed by atoms with Crippen LogP contribution in [0.1, 0.15) is 21.5 Å². The highest BCUT2D eigenvalue weighted by atomic mass is 16.5. The molecule has 180 valence electrons. The summed E-state index contributed by atoms with van der Waals surface area (Å²) in [4.78, 5) is 29.2. The van der Waals surface area contributed by atoms with Crippen molar-refractivity contribution in [1.29, 1.82) is 0 Å². The third-order valence-corrected chi connectivity index (χ3v) is 6.62. The molecule has 34 heavy (non-hydrogen) atoms. The van der Waals surface area contributed by atoms with E-state index in [1.165, 1.54) is 16.0 Å². The molecule has 0 unspecified atom stereocenters. The van der Waals surface area contributed by atoms with Gasteiger partial charge in [-0.25, -0.2) is 4.79 Å². The predicted molar refractivity (Wildman–Crippen MR) is 123 cm³/mol. The van der Waals surface area contributed by atoms with Gasteiger partial charge in [-0.2, -0.15) is 0 Å². The van der Waals surface area contributed by atoms with Crippen LogP contribution in [0.4, 0.5) is 4.79 Å². The van der Waals surface area contributed by atoms with Crippen LogP contribution in [0.25, 0.3) is 0 Å². The third kappa shape index (κ3) is 4.80. The van der Waals surface area contributed by atoms with Crippen molar-refractivity contribution < 1.29 is 29.3 Å². The van der Waals surface area contributed by atoms with Crippen LogP contribution in [0.5, 0.6) is 11.5 Å². The van der Waals surface area contributed by atoms with Gasteiger partial charge in [-0.1, -0.05) is 24.3 Å². The third-order valence-electron chi connectivity index (χ3n) is 6.62. The minimum atomic E-state index is -0.955. The van der Waals surface area contributed by atoms with E-state index in [0.717, 1.165) is 19.5 Å². The largest absolute Gasteiger partial charge is 0.491 e. The first kappa shape index (κ1) is 22.5. The van der Waals surface area contributed by atoms with Crippen LogP contribution in [0, 0.1) is 0 Å². The zero-order chi connectivity index (χ0) is 23.7. The summed E-state index contributed by atoms with van der Waals surface area (Å²) in [6.07, 6.45) is -0.854. The second-order valence-electron chi connectivity index (χ2n) is 9.09. The summed E-state index contributed by atoms with van der Waals surface area (Å²) in [5.41, 5.74) is 3.10. The van der Waals surface area contributed by atoms with E-state index in [0.29, 0.717) is 49.8 Å². The number of fused-ring (bicyclic) bond motifs is 2. The molecule has 0 bridgehead atoms. The Morgan fingerprint density at radius 3 is 2.71 bits per heavy atom. The zero-order valence-electron chi connectivity index (χ0n) is 18.9. The van der Waals surface area contributed by atoms with Crippen molar-refractivity contribution in [1.82, 2.24) is 14.7 Å². The maximum absolute atomic E-state index is 13.2. The highest BCUT2D eigenvalue weighted by Crippen LogP contribution is 2.30. The lowest BCUT2D eigenvalue weighted by molar-refractivity contribution is 0.0251. The number of carbonyl (C=O) groups is 2. The summed E-state index contributed by atoms with van der Waals surface area (Å²) in [7, 11) is 0. The van der Waals surface area contributed by atoms with Crippen molar-refractivity contribution in [3.8, 4) is 11.5 Å². The number of amides is 2. The number of hydrogen-bond donors (Lipinski definition) is 2. The normalized spacial score (nSPS) is 19.4. The molecular formula is C25H29N3O6. The van der Waals surface area contributed by atoms with Gasteiger partial charge in [0.15, 0.2) is 0 Å². The molecule has 1 saturated heterocycles. The van der Waals surface area contributed by atoms with Crippen LogP contribution in [-0.4, -0.2) is 95.0 Å². The number of β-amino-alcohol motifs (C(OH)–C–C–N with tert-alkyl or cyclic N) is 1. The van der Waals surface area contributed by atoms with E-state index in [1.807, 2.05) is 6.07 Å². The number of carboxylic acid groups (broad SMARTS) is 1. The molecule has 0 spiro atoms. The number of benzene rings is 2. The number of likely N-dealkylation sites (tertiary alicyclic amines) is 1. The van der Waals surface area contributed by atoms with E-state index in [4.69, 9.17) is 14.6 Å². The molecule has 1 fully saturated rings. The van der Waals surface area contributed by atoms with Crippen molar-refractivity contribution >= 4 is 12.0 Å². The van der Waals surface area contributed by atoms with Gasteiger partial charge in [-0.05, 0) is 29.7 Å². The van der Waals surface area contributed by atoms with Crippen LogP contribution in [0.2, 0.25) is 0 Å². The molecule has 5 rings (SSSR count). The molecule has 3 heterocycles. The molecule has 0 aromatic heterocycles. The quantitative estimate of drug-likeness (QED) is 0.666. The Balaban J connectivity index is 1.17. The first-order valence-corrected chi connectivity index (χ1v) is 11.6. The highest BCUT2D eigenvalue weighted by molar-refractivity contribution is 5.97. The first-order chi connectivity index (χ1) is 16.5. The van der Waals surface area contributed by atoms with Crippen molar-refractivity contribution in [2.24, 2.45) is 0 Å². The second kappa shape index (κ2) is 9.52. The molecule has 2 aromatic rings. The van der Waals surface area contributed by atoms with Gasteiger partial charge in [0.2, 0.25) is 0 Å². The van der Waals surface area contributed by atoms with E-state index in [-0.39, 0.29) is 18.6 Å². The molecule has 3 aliphatic heterocycles. The zero-order valence-corrected chi connectivity index (χ0v) is 18.9. The van der Waals surface area contributed by atoms with E-state index in [2.05, 4.69) is 23.1 Å². The molecule has 9 heteroatoms. The topological polar surface area (TPSA) is 103 Å². The average molecular weight is 468 g/mol. The number of aliphatic hydroxyl groups excluding tert-OH is 1. The van der Waals surface area contributed by atoms with Gasteiger partial charge in [0, 0.05) is 32.2 Å². The molecule has 2 N–H and O–H groups in total. The number of ether oxygens (including phenoxy) is 2. The van der Waals surface area contributed by atoms with Crippen LogP contribution >= 0.6 is 0 Å². The van der Waals surface area contributed by atoms with Crippen molar-refractivity contribution in [3.63, 3.8) is 0 Å². The average Bonchev–Trinajstić information content (AvgIpc) is 2.94. The SMILES string of the molecule is O=C(O)N1CC(Oc2ccc3c(c2)OCCN(C[C@H](O)CN2CCc4ccccc4C2)C3=O)C1. The Morgan fingerprint density at radius 1 is 1.12 bits per heavy atom. The second-order valence-corrected chi connectivity index (χ2v) is 9.09. The van der Waals surface area contributed by atoms with Crippen LogP contribution in [0.15, 0.2) is 42.5 Å². The van der Waals surface area contributed by atoms with Gasteiger partial charge in [-0.3, -0.25) is 9.69 Å². The van der Waals surface area contributed by atoms with Crippen LogP contribution in [0.3, 0.4) is 0 Å². The summed E-state index contributed by atoms with van der Waals surface area (Å²) in [6, 6.07) is 13.4. The molecule has 2 aromatic carbocycles. The fraction of sp³-hybridized carbons (Fsp3) is 0.440. The Kier molecular flexibility index (Phi) is 6.30. The monoisotopic (exact) mass is 467 g/mol. The summed E-state index contributed by atoms with van der Waals surface area (Å²) in [6.45, 7) is 3.80. The fourth-order valence-electron chi connectivity index (χ4n) is 4.77. The highest BCUT2D eigenvalue weighted by Gasteiger charge is 2.33. The molecule has 1 atom stereocenters. The Labute approximate surface area is 198 Å². The molecule has 0 saturated carbocycles. The number of aliphatic hydroxyl groups is 1. The summed E-state index contributed by atoms with van der Waals surface area (Å²) >= 11 is 0. The molecule has 9 nitrogen and oxygen atoms in total. The number of carbonyl (C=O) groups excluding carboxylic acids is 1. The van der Waals surface area contributed by atoms with Gasteiger partial charge in [0.1, 0.15) is 24.2 Å². The molecule has 0 aliphatic carbocycles. The molecule has 0 radical (unpaired) electrons. The molecule has 3 aliphatic rings. The summed E-state index contributed by atoms with van der Waals surface area (Å²) in [5.74, 6) is 0.810. The van der Waals surface area contributed by atoms with Gasteiger partial charge in [0.25, 0.3) is 5.91 Å². The smallest absolute Gasteiger partial charge is 0.407 e. The van der Waals surface area contributed by atoms with E-state index in [9.17, 15) is 14.7 Å². The van der Waals surface area contributed by atoms with Crippen molar-refractivity contribution in [3.05, 3.63) is 59.2 Å². The standard InChI is InChI=1S/C25H29N3O6/c29-19(13-26-8-7-17-3-1-2-4-18(17)12-26)14-27-9-10-33-23-11-20(5-6-22(23)24(27)30)34-21-15-28(16-21)25(31)32/h1-6,11,19,21,29H,7-10,12-16H2,(H,31,32)/t19-/m1/s1. The lowest BCUT2D eigenvalue weighted by atomic mass is 10.00. The summed E-state index contributed by atoms with van der Waals surface area (Å²) in [5, 5.41) is 19.7. The van der Waals surface area contributed by atoms with Gasteiger partial charge in [0.05, 0.1) is 31.3 Å². The maximum atomic E-state index is 13.2. The predicted octanol–water partition coefficient (Wildman–Crippen LogP) is 1.68. The minimum absolute atomic E-state index is 0.178. The lowest BCUT2D eigenvalue weighted by Gasteiger charge is -2.36. The van der Waals surface area contributed by atoms with E-state index >= 15 is 0 Å². The number of hydrogen-bond acceptors (Lipinski definition) is 6. The number of rotatable bonds is 6. The summed E-state index contributed by atoms with van der Waals surface area (Å²) < 4.78 is 11.6. The molecule has 2 amide bonds. The van der Waals surface area contributed by atoms with Gasteiger partial charge >= 0.3 is 6.09 Å². The van der Waals surface area contributed by atoms with E-state index < -0.39 is 12.2 Å². The minimum Gasteiger partial charge on any atom is -0.491 e. The van der Waals surface area contributed by atoms with Crippen LogP contribution < -0.4 is 9.47 Å². The van der Waals surface area contributed by atoms with E-state index in [1.54, 1.807) is 23.1 Å². The van der Waals surface area contributed by atoms with Crippen LogP contribution in [-0.2, 0) is 13.0 Å². The Morgan fingerprint density at radius 2 is 1.91 bits per heavy atom. The fourth-order valence-corrected chi connectivity index (χ4v) is 4.77. The lowest BCUT2D eigenvalue weighted by Crippen LogP contribution is -2.55. The van der Waals surface area contributed by atoms with Gasteiger partial charge < -0.3 is 29.5 Å².